The van der Waals surface area contributed by atoms with Crippen molar-refractivity contribution in [3.05, 3.63) is 71.8 Å². The normalized spacial score (nSPS) is 11.7. The Morgan fingerprint density at radius 3 is 2.48 bits per heavy atom. The van der Waals surface area contributed by atoms with Crippen molar-refractivity contribution >= 4 is 5.91 Å². The van der Waals surface area contributed by atoms with E-state index in [1.165, 1.54) is 5.56 Å². The van der Waals surface area contributed by atoms with Crippen LogP contribution in [-0.2, 0) is 0 Å². The number of rotatable bonds is 9. The zero-order chi connectivity index (χ0) is 19.8. The number of carbonyl (C=O) groups excluding carboxylic acids is 1. The molecule has 2 aromatic rings. The van der Waals surface area contributed by atoms with Crippen LogP contribution in [-0.4, -0.2) is 45.2 Å². The Labute approximate surface area is 161 Å². The molecule has 0 aliphatic rings. The Morgan fingerprint density at radius 1 is 1.19 bits per heavy atom. The Kier molecular flexibility index (Phi) is 7.44. The predicted molar refractivity (Wildman–Crippen MR) is 109 cm³/mol. The largest absolute Gasteiger partial charge is 0.493 e. The number of carbonyl (C=O) groups is 1. The number of ether oxygens (including phenoxy) is 2. The highest BCUT2D eigenvalue weighted by Gasteiger charge is 2.17. The molecule has 1 atom stereocenters. The van der Waals surface area contributed by atoms with Crippen LogP contribution in [0.3, 0.4) is 0 Å². The number of benzene rings is 2. The molecule has 0 aromatic heterocycles. The van der Waals surface area contributed by atoms with E-state index in [1.807, 2.05) is 14.1 Å². The topological polar surface area (TPSA) is 50.8 Å². The van der Waals surface area contributed by atoms with Gasteiger partial charge in [-0.1, -0.05) is 42.5 Å². The van der Waals surface area contributed by atoms with Crippen LogP contribution in [0.4, 0.5) is 0 Å². The van der Waals surface area contributed by atoms with Gasteiger partial charge in [0.25, 0.3) is 5.91 Å². The summed E-state index contributed by atoms with van der Waals surface area (Å²) in [5, 5.41) is 3.01. The zero-order valence-electron chi connectivity index (χ0n) is 16.5. The van der Waals surface area contributed by atoms with Gasteiger partial charge in [-0.2, -0.15) is 0 Å². The van der Waals surface area contributed by atoms with E-state index < -0.39 is 0 Å². The van der Waals surface area contributed by atoms with Crippen molar-refractivity contribution in [1.82, 2.24) is 10.2 Å². The second-order valence-electron chi connectivity index (χ2n) is 6.57. The van der Waals surface area contributed by atoms with Gasteiger partial charge in [0.1, 0.15) is 6.61 Å². The summed E-state index contributed by atoms with van der Waals surface area (Å²) < 4.78 is 10.9. The van der Waals surface area contributed by atoms with Crippen LogP contribution < -0.4 is 14.8 Å². The summed E-state index contributed by atoms with van der Waals surface area (Å²) in [6.45, 7) is 6.57. The third kappa shape index (κ3) is 5.59. The summed E-state index contributed by atoms with van der Waals surface area (Å²) in [5.74, 6) is 0.953. The summed E-state index contributed by atoms with van der Waals surface area (Å²) >= 11 is 0. The van der Waals surface area contributed by atoms with Gasteiger partial charge in [-0.05, 0) is 44.8 Å². The van der Waals surface area contributed by atoms with E-state index in [2.05, 4.69) is 48.0 Å². The number of hydrogen-bond acceptors (Lipinski definition) is 4. The van der Waals surface area contributed by atoms with Gasteiger partial charge in [-0.15, -0.1) is 0 Å². The highest BCUT2D eigenvalue weighted by atomic mass is 16.5. The van der Waals surface area contributed by atoms with E-state index in [0.717, 1.165) is 5.56 Å². The van der Waals surface area contributed by atoms with E-state index >= 15 is 0 Å². The van der Waals surface area contributed by atoms with Gasteiger partial charge in [0, 0.05) is 12.1 Å². The number of aryl methyl sites for hydroxylation is 1. The van der Waals surface area contributed by atoms with Crippen LogP contribution in [0, 0.1) is 6.92 Å². The van der Waals surface area contributed by atoms with Crippen LogP contribution in [0.1, 0.15) is 27.5 Å². The summed E-state index contributed by atoms with van der Waals surface area (Å²) in [7, 11) is 5.56. The van der Waals surface area contributed by atoms with E-state index in [9.17, 15) is 4.79 Å². The van der Waals surface area contributed by atoms with Gasteiger partial charge in [-0.25, -0.2) is 0 Å². The Bertz CT molecular complexity index is 770. The monoisotopic (exact) mass is 368 g/mol. The lowest BCUT2D eigenvalue weighted by molar-refractivity contribution is 0.0941. The molecule has 0 aliphatic carbocycles. The van der Waals surface area contributed by atoms with Crippen LogP contribution in [0.15, 0.2) is 55.1 Å². The van der Waals surface area contributed by atoms with Crippen molar-refractivity contribution in [3.8, 4) is 11.5 Å². The first kappa shape index (κ1) is 20.5. The maximum absolute atomic E-state index is 12.6. The number of amides is 1. The maximum atomic E-state index is 12.6. The summed E-state index contributed by atoms with van der Waals surface area (Å²) in [6, 6.07) is 13.6. The van der Waals surface area contributed by atoms with Crippen LogP contribution >= 0.6 is 0 Å². The van der Waals surface area contributed by atoms with Crippen LogP contribution in [0.5, 0.6) is 11.5 Å². The van der Waals surface area contributed by atoms with E-state index in [0.29, 0.717) is 30.2 Å². The molecule has 0 saturated carbocycles. The number of hydrogen-bond donors (Lipinski definition) is 1. The molecule has 2 aromatic carbocycles. The van der Waals surface area contributed by atoms with Crippen molar-refractivity contribution in [3.63, 3.8) is 0 Å². The minimum atomic E-state index is -0.150. The van der Waals surface area contributed by atoms with Crippen molar-refractivity contribution in [1.29, 1.82) is 0 Å². The minimum absolute atomic E-state index is 0.0895. The molecule has 1 unspecified atom stereocenters. The third-order valence-corrected chi connectivity index (χ3v) is 4.32. The van der Waals surface area contributed by atoms with Crippen molar-refractivity contribution in [2.75, 3.05) is 34.4 Å². The molecule has 0 heterocycles. The third-order valence-electron chi connectivity index (χ3n) is 4.32. The van der Waals surface area contributed by atoms with Crippen LogP contribution in [0.2, 0.25) is 0 Å². The Balaban J connectivity index is 2.08. The Morgan fingerprint density at radius 2 is 1.89 bits per heavy atom. The fraction of sp³-hybridized carbons (Fsp3) is 0.318. The van der Waals surface area contributed by atoms with Gasteiger partial charge in [-0.3, -0.25) is 4.79 Å². The molecular formula is C22H28N2O3. The van der Waals surface area contributed by atoms with E-state index in [1.54, 1.807) is 31.4 Å². The molecule has 27 heavy (non-hydrogen) atoms. The fourth-order valence-electron chi connectivity index (χ4n) is 2.76. The van der Waals surface area contributed by atoms with Crippen LogP contribution in [0.25, 0.3) is 0 Å². The summed E-state index contributed by atoms with van der Waals surface area (Å²) in [6.07, 6.45) is 1.66. The smallest absolute Gasteiger partial charge is 0.251 e. The lowest BCUT2D eigenvalue weighted by atomic mass is 10.0. The molecule has 0 spiro atoms. The molecule has 0 bridgehead atoms. The van der Waals surface area contributed by atoms with Crippen molar-refractivity contribution in [2.45, 2.75) is 13.0 Å². The maximum Gasteiger partial charge on any atom is 0.251 e. The zero-order valence-corrected chi connectivity index (χ0v) is 16.5. The quantitative estimate of drug-likeness (QED) is 0.687. The van der Waals surface area contributed by atoms with Gasteiger partial charge in [0.15, 0.2) is 11.5 Å². The number of nitrogens with zero attached hydrogens (tertiary/aromatic N) is 1. The first-order chi connectivity index (χ1) is 13.0. The molecule has 5 heteroatoms. The highest BCUT2D eigenvalue weighted by Crippen LogP contribution is 2.28. The molecule has 0 radical (unpaired) electrons. The van der Waals surface area contributed by atoms with Gasteiger partial charge in [0.05, 0.1) is 13.2 Å². The average molecular weight is 368 g/mol. The lowest BCUT2D eigenvalue weighted by Gasteiger charge is -2.25. The lowest BCUT2D eigenvalue weighted by Crippen LogP contribution is -2.34. The van der Waals surface area contributed by atoms with E-state index in [-0.39, 0.29) is 11.9 Å². The van der Waals surface area contributed by atoms with Gasteiger partial charge >= 0.3 is 0 Å². The molecule has 1 N–H and O–H groups in total. The van der Waals surface area contributed by atoms with Crippen molar-refractivity contribution in [2.24, 2.45) is 0 Å². The van der Waals surface area contributed by atoms with Gasteiger partial charge < -0.3 is 19.7 Å². The van der Waals surface area contributed by atoms with Gasteiger partial charge in [0.2, 0.25) is 0 Å². The second-order valence-corrected chi connectivity index (χ2v) is 6.57. The standard InChI is InChI=1S/C22H28N2O3/c1-6-13-27-20-12-11-18(14-21(20)26-5)22(25)23-15-19(24(3)4)17-9-7-16(2)8-10-17/h6-12,14,19H,1,13,15H2,2-5H3,(H,23,25). The Hall–Kier alpha value is -2.79. The molecule has 0 fully saturated rings. The molecular weight excluding hydrogens is 340 g/mol. The summed E-state index contributed by atoms with van der Waals surface area (Å²) in [4.78, 5) is 14.7. The molecule has 5 nitrogen and oxygen atoms in total. The molecule has 1 amide bonds. The highest BCUT2D eigenvalue weighted by molar-refractivity contribution is 5.94. The fourth-order valence-corrected chi connectivity index (χ4v) is 2.76. The first-order valence-corrected chi connectivity index (χ1v) is 8.89. The number of nitrogens with one attached hydrogen (secondary N) is 1. The average Bonchev–Trinajstić information content (AvgIpc) is 2.67. The molecule has 144 valence electrons. The number of methoxy groups -OCH3 is 1. The predicted octanol–water partition coefficient (Wildman–Crippen LogP) is 3.60. The van der Waals surface area contributed by atoms with Crippen molar-refractivity contribution < 1.29 is 14.3 Å². The SMILES string of the molecule is C=CCOc1ccc(C(=O)NCC(c2ccc(C)cc2)N(C)C)cc1OC. The number of likely N-dealkylation sites (N-methyl/N-ethyl adjacent to an activating group) is 1. The summed E-state index contributed by atoms with van der Waals surface area (Å²) in [5.41, 5.74) is 2.90. The minimum Gasteiger partial charge on any atom is -0.493 e. The molecule has 0 aliphatic heterocycles. The molecule has 2 rings (SSSR count). The first-order valence-electron chi connectivity index (χ1n) is 8.89. The van der Waals surface area contributed by atoms with E-state index in [4.69, 9.17) is 9.47 Å². The second kappa shape index (κ2) is 9.78. The molecule has 0 saturated heterocycles.